The number of halogens is 3. The first-order valence-electron chi connectivity index (χ1n) is 5.73. The molecule has 2 aromatic rings. The first-order valence-corrected chi connectivity index (χ1v) is 5.73. The van der Waals surface area contributed by atoms with Crippen molar-refractivity contribution in [2.75, 3.05) is 11.9 Å². The minimum atomic E-state index is -4.45. The number of benzene rings is 1. The maximum absolute atomic E-state index is 12.1. The first kappa shape index (κ1) is 14.8. The maximum atomic E-state index is 12.1. The quantitative estimate of drug-likeness (QED) is 0.899. The number of hydrogen-bond donors (Lipinski definition) is 1. The van der Waals surface area contributed by atoms with Crippen molar-refractivity contribution in [1.29, 1.82) is 0 Å². The Hall–Kier alpha value is -2.65. The van der Waals surface area contributed by atoms with E-state index in [9.17, 15) is 18.0 Å². The third kappa shape index (κ3) is 4.75. The molecule has 1 aromatic carbocycles. The molecule has 0 atom stereocenters. The topological polar surface area (TPSA) is 81.9 Å². The minimum Gasteiger partial charge on any atom is -0.482 e. The maximum Gasteiger partial charge on any atom is 0.422 e. The molecule has 1 N–H and O–H groups in total. The molecule has 112 valence electrons. The van der Waals surface area contributed by atoms with Crippen LogP contribution in [0.3, 0.4) is 0 Å². The molecule has 1 aromatic heterocycles. The first-order chi connectivity index (χ1) is 9.94. The van der Waals surface area contributed by atoms with Gasteiger partial charge in [-0.3, -0.25) is 4.79 Å². The second-order valence-electron chi connectivity index (χ2n) is 3.96. The average Bonchev–Trinajstić information content (AvgIpc) is 2.89. The highest BCUT2D eigenvalue weighted by molar-refractivity contribution is 5.92. The van der Waals surface area contributed by atoms with Gasteiger partial charge in [-0.2, -0.15) is 13.2 Å². The Balaban J connectivity index is 2.00. The van der Waals surface area contributed by atoms with Crippen LogP contribution in [0.5, 0.6) is 5.75 Å². The molecule has 0 aliphatic rings. The fraction of sp³-hybridized carbons (Fsp3) is 0.273. The molecule has 0 unspecified atom stereocenters. The summed E-state index contributed by atoms with van der Waals surface area (Å²) >= 11 is 0. The van der Waals surface area contributed by atoms with Gasteiger partial charge in [0.25, 0.3) is 0 Å². The summed E-state index contributed by atoms with van der Waals surface area (Å²) in [5, 5.41) is 12.7. The zero-order chi connectivity index (χ0) is 15.3. The monoisotopic (exact) mass is 301 g/mol. The van der Waals surface area contributed by atoms with Gasteiger partial charge >= 0.3 is 6.18 Å². The normalized spacial score (nSPS) is 11.2. The van der Waals surface area contributed by atoms with Crippen LogP contribution in [0.25, 0.3) is 0 Å². The molecule has 1 heterocycles. The highest BCUT2D eigenvalue weighted by Gasteiger charge is 2.28. The number of para-hydroxylation sites is 2. The van der Waals surface area contributed by atoms with Crippen LogP contribution in [0.15, 0.2) is 30.6 Å². The zero-order valence-electron chi connectivity index (χ0n) is 10.5. The number of carbonyl (C=O) groups excluding carboxylic acids is 1. The molecular weight excluding hydrogens is 291 g/mol. The number of alkyl halides is 3. The number of nitrogens with zero attached hydrogens (tertiary/aromatic N) is 4. The van der Waals surface area contributed by atoms with Gasteiger partial charge in [0.2, 0.25) is 5.91 Å². The number of nitrogens with one attached hydrogen (secondary N) is 1. The van der Waals surface area contributed by atoms with Crippen LogP contribution in [-0.4, -0.2) is 38.9 Å². The third-order valence-corrected chi connectivity index (χ3v) is 2.25. The molecule has 0 aliphatic heterocycles. The van der Waals surface area contributed by atoms with Gasteiger partial charge < -0.3 is 10.1 Å². The van der Waals surface area contributed by atoms with E-state index in [0.29, 0.717) is 0 Å². The summed E-state index contributed by atoms with van der Waals surface area (Å²) in [5.41, 5.74) is 0.139. The minimum absolute atomic E-state index is 0.0695. The van der Waals surface area contributed by atoms with Gasteiger partial charge in [0.15, 0.2) is 6.61 Å². The molecule has 0 spiro atoms. The second kappa shape index (κ2) is 6.20. The standard InChI is InChI=1S/C11H10F3N5O2/c12-11(13,14)6-21-9-4-2-1-3-8(9)16-10(20)5-19-7-15-17-18-19/h1-4,7H,5-6H2,(H,16,20). The smallest absolute Gasteiger partial charge is 0.422 e. The number of ether oxygens (including phenoxy) is 1. The fourth-order valence-electron chi connectivity index (χ4n) is 1.44. The van der Waals surface area contributed by atoms with Crippen molar-refractivity contribution < 1.29 is 22.7 Å². The predicted octanol–water partition coefficient (Wildman–Crippen LogP) is 1.25. The SMILES string of the molecule is O=C(Cn1cnnn1)Nc1ccccc1OCC(F)(F)F. The summed E-state index contributed by atoms with van der Waals surface area (Å²) in [6, 6.07) is 5.83. The molecule has 0 saturated heterocycles. The molecule has 2 rings (SSSR count). The lowest BCUT2D eigenvalue weighted by molar-refractivity contribution is -0.153. The number of aromatic nitrogens is 4. The molecule has 21 heavy (non-hydrogen) atoms. The Morgan fingerprint density at radius 2 is 2.10 bits per heavy atom. The Morgan fingerprint density at radius 1 is 1.33 bits per heavy atom. The number of tetrazole rings is 1. The van der Waals surface area contributed by atoms with Crippen LogP contribution in [0.2, 0.25) is 0 Å². The Bertz CT molecular complexity index is 600. The van der Waals surface area contributed by atoms with Crippen molar-refractivity contribution in [2.45, 2.75) is 12.7 Å². The predicted molar refractivity (Wildman–Crippen MR) is 64.4 cm³/mol. The number of rotatable bonds is 5. The number of hydrogen-bond acceptors (Lipinski definition) is 5. The van der Waals surface area contributed by atoms with Gasteiger partial charge in [0, 0.05) is 0 Å². The molecule has 0 saturated carbocycles. The van der Waals surface area contributed by atoms with Crippen LogP contribution in [0, 0.1) is 0 Å². The molecule has 7 nitrogen and oxygen atoms in total. The van der Waals surface area contributed by atoms with Crippen molar-refractivity contribution in [1.82, 2.24) is 20.2 Å². The van der Waals surface area contributed by atoms with Crippen LogP contribution >= 0.6 is 0 Å². The summed E-state index contributed by atoms with van der Waals surface area (Å²) in [6.45, 7) is -1.60. The highest BCUT2D eigenvalue weighted by atomic mass is 19.4. The van der Waals surface area contributed by atoms with E-state index in [2.05, 4.69) is 25.6 Å². The van der Waals surface area contributed by atoms with E-state index >= 15 is 0 Å². The van der Waals surface area contributed by atoms with E-state index in [4.69, 9.17) is 0 Å². The lowest BCUT2D eigenvalue weighted by Gasteiger charge is -2.13. The number of carbonyl (C=O) groups is 1. The van der Waals surface area contributed by atoms with E-state index in [-0.39, 0.29) is 18.0 Å². The third-order valence-electron chi connectivity index (χ3n) is 2.25. The van der Waals surface area contributed by atoms with E-state index in [1.165, 1.54) is 29.2 Å². The largest absolute Gasteiger partial charge is 0.482 e. The zero-order valence-corrected chi connectivity index (χ0v) is 10.5. The lowest BCUT2D eigenvalue weighted by Crippen LogP contribution is -2.22. The van der Waals surface area contributed by atoms with E-state index in [1.54, 1.807) is 6.07 Å². The highest BCUT2D eigenvalue weighted by Crippen LogP contribution is 2.26. The Kier molecular flexibility index (Phi) is 4.36. The molecule has 0 radical (unpaired) electrons. The molecule has 0 fully saturated rings. The van der Waals surface area contributed by atoms with E-state index < -0.39 is 18.7 Å². The van der Waals surface area contributed by atoms with Crippen molar-refractivity contribution in [2.24, 2.45) is 0 Å². The van der Waals surface area contributed by atoms with Gasteiger partial charge in [0.05, 0.1) is 5.69 Å². The summed E-state index contributed by atoms with van der Waals surface area (Å²) in [7, 11) is 0. The Labute approximate surface area is 116 Å². The van der Waals surface area contributed by atoms with Crippen LogP contribution < -0.4 is 10.1 Å². The molecule has 1 amide bonds. The molecule has 0 aliphatic carbocycles. The van der Waals surface area contributed by atoms with Gasteiger partial charge in [-0.25, -0.2) is 4.68 Å². The molecule has 0 bridgehead atoms. The summed E-state index contributed by atoms with van der Waals surface area (Å²) in [5.74, 6) is -0.565. The summed E-state index contributed by atoms with van der Waals surface area (Å²) in [6.07, 6.45) is -3.21. The van der Waals surface area contributed by atoms with Crippen LogP contribution in [-0.2, 0) is 11.3 Å². The summed E-state index contributed by atoms with van der Waals surface area (Å²) in [4.78, 5) is 11.7. The average molecular weight is 301 g/mol. The van der Waals surface area contributed by atoms with Gasteiger partial charge in [-0.05, 0) is 22.6 Å². The van der Waals surface area contributed by atoms with Crippen molar-refractivity contribution in [3.63, 3.8) is 0 Å². The van der Waals surface area contributed by atoms with Crippen molar-refractivity contribution in [3.05, 3.63) is 30.6 Å². The fourth-order valence-corrected chi connectivity index (χ4v) is 1.44. The van der Waals surface area contributed by atoms with Crippen molar-refractivity contribution >= 4 is 11.6 Å². The van der Waals surface area contributed by atoms with Crippen LogP contribution in [0.1, 0.15) is 0 Å². The van der Waals surface area contributed by atoms with Gasteiger partial charge in [0.1, 0.15) is 18.6 Å². The number of amides is 1. The van der Waals surface area contributed by atoms with Gasteiger partial charge in [-0.1, -0.05) is 12.1 Å². The van der Waals surface area contributed by atoms with Crippen molar-refractivity contribution in [3.8, 4) is 5.75 Å². The van der Waals surface area contributed by atoms with E-state index in [1.807, 2.05) is 0 Å². The molecular formula is C11H10F3N5O2. The van der Waals surface area contributed by atoms with E-state index in [0.717, 1.165) is 0 Å². The van der Waals surface area contributed by atoms with Crippen LogP contribution in [0.4, 0.5) is 18.9 Å². The number of anilines is 1. The summed E-state index contributed by atoms with van der Waals surface area (Å²) < 4.78 is 42.3. The van der Waals surface area contributed by atoms with Gasteiger partial charge in [-0.15, -0.1) is 5.10 Å². The second-order valence-corrected chi connectivity index (χ2v) is 3.96. The molecule has 10 heteroatoms. The Morgan fingerprint density at radius 3 is 2.76 bits per heavy atom. The lowest BCUT2D eigenvalue weighted by atomic mass is 10.3.